The van der Waals surface area contributed by atoms with Gasteiger partial charge in [-0.05, 0) is 19.1 Å². The van der Waals surface area contributed by atoms with E-state index in [1.165, 1.54) is 0 Å². The predicted octanol–water partition coefficient (Wildman–Crippen LogP) is 1.63. The maximum atomic E-state index is 5.65. The first kappa shape index (κ1) is 11.9. The highest BCUT2D eigenvalue weighted by molar-refractivity contribution is 7.79. The largest absolute Gasteiger partial charge is 0.486 e. The second kappa shape index (κ2) is 5.63. The second-order valence-corrected chi connectivity index (χ2v) is 3.90. The molecule has 1 N–H and O–H groups in total. The molecule has 0 aromatic heterocycles. The highest BCUT2D eigenvalue weighted by Gasteiger charge is 2.24. The van der Waals surface area contributed by atoms with E-state index >= 15 is 0 Å². The first-order valence-corrected chi connectivity index (χ1v) is 6.04. The van der Waals surface area contributed by atoms with E-state index in [2.05, 4.69) is 22.4 Å². The molecule has 0 bridgehead atoms. The molecule has 1 atom stereocenters. The van der Waals surface area contributed by atoms with Crippen LogP contribution in [0.5, 0.6) is 5.75 Å². The van der Waals surface area contributed by atoms with Gasteiger partial charge in [0.25, 0.3) is 0 Å². The molecule has 1 heterocycles. The van der Waals surface area contributed by atoms with Gasteiger partial charge in [-0.1, -0.05) is 30.4 Å². The fourth-order valence-electron chi connectivity index (χ4n) is 1.70. The van der Waals surface area contributed by atoms with Crippen LogP contribution in [0.1, 0.15) is 6.92 Å². The number of hydrazone groups is 1. The van der Waals surface area contributed by atoms with Gasteiger partial charge in [0.15, 0.2) is 5.84 Å². The topological polar surface area (TPSA) is 36.9 Å². The SMILES string of the molecule is CCN1C(COc2ccccc2)=NNC1C=S. The summed E-state index contributed by atoms with van der Waals surface area (Å²) in [7, 11) is 0. The van der Waals surface area contributed by atoms with Crippen molar-refractivity contribution >= 4 is 23.4 Å². The summed E-state index contributed by atoms with van der Waals surface area (Å²) in [4.78, 5) is 2.08. The van der Waals surface area contributed by atoms with Crippen LogP contribution in [-0.2, 0) is 0 Å². The summed E-state index contributed by atoms with van der Waals surface area (Å²) in [5, 5.41) is 5.89. The number of rotatable bonds is 5. The quantitative estimate of drug-likeness (QED) is 0.805. The summed E-state index contributed by atoms with van der Waals surface area (Å²) in [6.45, 7) is 3.36. The van der Waals surface area contributed by atoms with Crippen molar-refractivity contribution in [2.45, 2.75) is 13.1 Å². The Bertz CT molecular complexity index is 407. The molecular formula is C12H15N3OS. The van der Waals surface area contributed by atoms with Gasteiger partial charge in [-0.15, -0.1) is 0 Å². The Morgan fingerprint density at radius 1 is 1.47 bits per heavy atom. The zero-order chi connectivity index (χ0) is 12.1. The summed E-state index contributed by atoms with van der Waals surface area (Å²) in [6.07, 6.45) is 0.00405. The molecule has 1 aliphatic rings. The van der Waals surface area contributed by atoms with Gasteiger partial charge < -0.3 is 9.64 Å². The monoisotopic (exact) mass is 249 g/mol. The minimum absolute atomic E-state index is 0.00405. The number of hydrogen-bond donors (Lipinski definition) is 1. The van der Waals surface area contributed by atoms with Gasteiger partial charge in [0.05, 0.1) is 0 Å². The molecule has 0 fully saturated rings. The molecule has 4 nitrogen and oxygen atoms in total. The van der Waals surface area contributed by atoms with E-state index in [1.54, 1.807) is 5.37 Å². The summed E-state index contributed by atoms with van der Waals surface area (Å²) < 4.78 is 5.65. The molecule has 0 amide bonds. The number of nitrogens with zero attached hydrogens (tertiary/aromatic N) is 2. The summed E-state index contributed by atoms with van der Waals surface area (Å²) in [5.41, 5.74) is 2.97. The van der Waals surface area contributed by atoms with Crippen LogP contribution in [0.2, 0.25) is 0 Å². The van der Waals surface area contributed by atoms with Crippen LogP contribution in [-0.4, -0.2) is 35.4 Å². The highest BCUT2D eigenvalue weighted by Crippen LogP contribution is 2.10. The lowest BCUT2D eigenvalue weighted by molar-refractivity contribution is 0.335. The van der Waals surface area contributed by atoms with E-state index in [-0.39, 0.29) is 6.17 Å². The van der Waals surface area contributed by atoms with Crippen molar-refractivity contribution in [1.82, 2.24) is 10.3 Å². The van der Waals surface area contributed by atoms with Crippen molar-refractivity contribution in [3.8, 4) is 5.75 Å². The van der Waals surface area contributed by atoms with E-state index in [0.29, 0.717) is 6.61 Å². The van der Waals surface area contributed by atoms with Crippen molar-refractivity contribution in [1.29, 1.82) is 0 Å². The third-order valence-electron chi connectivity index (χ3n) is 2.57. The summed E-state index contributed by atoms with van der Waals surface area (Å²) in [6, 6.07) is 9.71. The Labute approximate surface area is 106 Å². The molecule has 1 aromatic carbocycles. The van der Waals surface area contributed by atoms with Gasteiger partial charge >= 0.3 is 0 Å². The molecule has 5 heteroatoms. The number of amidine groups is 1. The number of likely N-dealkylation sites (N-methyl/N-ethyl adjacent to an activating group) is 1. The minimum Gasteiger partial charge on any atom is -0.486 e. The van der Waals surface area contributed by atoms with Crippen LogP contribution in [0.4, 0.5) is 0 Å². The number of ether oxygens (including phenoxy) is 1. The molecule has 0 radical (unpaired) electrons. The normalized spacial score (nSPS) is 18.5. The number of hydrogen-bond acceptors (Lipinski definition) is 5. The van der Waals surface area contributed by atoms with Crippen LogP contribution in [0.25, 0.3) is 0 Å². The molecular weight excluding hydrogens is 234 g/mol. The Balaban J connectivity index is 1.94. The van der Waals surface area contributed by atoms with E-state index in [4.69, 9.17) is 17.0 Å². The molecule has 0 aliphatic carbocycles. The predicted molar refractivity (Wildman–Crippen MR) is 72.3 cm³/mol. The highest BCUT2D eigenvalue weighted by atomic mass is 32.1. The van der Waals surface area contributed by atoms with E-state index in [9.17, 15) is 0 Å². The Morgan fingerprint density at radius 3 is 2.88 bits per heavy atom. The van der Waals surface area contributed by atoms with Gasteiger partial charge in [-0.2, -0.15) is 5.10 Å². The molecule has 1 aromatic rings. The standard InChI is InChI=1S/C12H15N3OS/c1-2-15-11(13-14-12(15)9-17)8-16-10-6-4-3-5-7-10/h3-7,9,12,14H,2,8H2,1H3. The molecule has 1 aliphatic heterocycles. The number of thiocarbonyl (C=S) groups is 1. The Morgan fingerprint density at radius 2 is 2.24 bits per heavy atom. The lowest BCUT2D eigenvalue weighted by atomic mass is 10.3. The average molecular weight is 249 g/mol. The van der Waals surface area contributed by atoms with E-state index in [1.807, 2.05) is 30.3 Å². The fraction of sp³-hybridized carbons (Fsp3) is 0.333. The van der Waals surface area contributed by atoms with Gasteiger partial charge in [-0.3, -0.25) is 5.43 Å². The van der Waals surface area contributed by atoms with Crippen LogP contribution >= 0.6 is 12.2 Å². The minimum atomic E-state index is 0.00405. The van der Waals surface area contributed by atoms with Crippen molar-refractivity contribution < 1.29 is 4.74 Å². The van der Waals surface area contributed by atoms with Crippen molar-refractivity contribution in [3.05, 3.63) is 30.3 Å². The van der Waals surface area contributed by atoms with Gasteiger partial charge in [-0.25, -0.2) is 0 Å². The van der Waals surface area contributed by atoms with Gasteiger partial charge in [0.2, 0.25) is 0 Å². The third kappa shape index (κ3) is 2.74. The van der Waals surface area contributed by atoms with Crippen LogP contribution < -0.4 is 10.2 Å². The summed E-state index contributed by atoms with van der Waals surface area (Å²) in [5.74, 6) is 1.72. The molecule has 90 valence electrons. The van der Waals surface area contributed by atoms with E-state index in [0.717, 1.165) is 18.1 Å². The van der Waals surface area contributed by atoms with Crippen LogP contribution in [0.3, 0.4) is 0 Å². The van der Waals surface area contributed by atoms with Crippen LogP contribution in [0, 0.1) is 0 Å². The Hall–Kier alpha value is -1.62. The van der Waals surface area contributed by atoms with Crippen molar-refractivity contribution in [3.63, 3.8) is 0 Å². The maximum Gasteiger partial charge on any atom is 0.164 e. The van der Waals surface area contributed by atoms with Gasteiger partial charge in [0.1, 0.15) is 18.5 Å². The first-order valence-electron chi connectivity index (χ1n) is 5.57. The number of benzene rings is 1. The molecule has 0 saturated heterocycles. The summed E-state index contributed by atoms with van der Waals surface area (Å²) >= 11 is 4.94. The average Bonchev–Trinajstić information content (AvgIpc) is 2.79. The van der Waals surface area contributed by atoms with Crippen LogP contribution in [0.15, 0.2) is 35.4 Å². The van der Waals surface area contributed by atoms with Crippen molar-refractivity contribution in [2.24, 2.45) is 5.10 Å². The molecule has 2 rings (SSSR count). The lowest BCUT2D eigenvalue weighted by Gasteiger charge is -2.22. The molecule has 0 saturated carbocycles. The zero-order valence-corrected chi connectivity index (χ0v) is 10.5. The first-order chi connectivity index (χ1) is 8.35. The lowest BCUT2D eigenvalue weighted by Crippen LogP contribution is -2.42. The fourth-order valence-corrected chi connectivity index (χ4v) is 1.91. The zero-order valence-electron chi connectivity index (χ0n) is 9.67. The molecule has 17 heavy (non-hydrogen) atoms. The second-order valence-electron chi connectivity index (χ2n) is 3.63. The molecule has 1 unspecified atom stereocenters. The maximum absolute atomic E-state index is 5.65. The van der Waals surface area contributed by atoms with Crippen molar-refractivity contribution in [2.75, 3.05) is 13.2 Å². The smallest absolute Gasteiger partial charge is 0.164 e. The van der Waals surface area contributed by atoms with E-state index < -0.39 is 0 Å². The Kier molecular flexibility index (Phi) is 3.93. The number of para-hydroxylation sites is 1. The molecule has 0 spiro atoms. The third-order valence-corrected chi connectivity index (χ3v) is 2.83. The van der Waals surface area contributed by atoms with Gasteiger partial charge in [0, 0.05) is 11.9 Å². The number of nitrogens with one attached hydrogen (secondary N) is 1.